The molecule has 0 aliphatic heterocycles. The molecule has 0 atom stereocenters. The van der Waals surface area contributed by atoms with Gasteiger partial charge in [0.25, 0.3) is 0 Å². The van der Waals surface area contributed by atoms with E-state index in [1.54, 1.807) is 36.4 Å². The van der Waals surface area contributed by atoms with Crippen molar-refractivity contribution in [2.24, 2.45) is 0 Å². The Labute approximate surface area is 152 Å². The van der Waals surface area contributed by atoms with Crippen LogP contribution in [0, 0.1) is 0 Å². The fourth-order valence-corrected chi connectivity index (χ4v) is 2.82. The lowest BCUT2D eigenvalue weighted by atomic mass is 10.2. The molecule has 0 saturated carbocycles. The van der Waals surface area contributed by atoms with Gasteiger partial charge in [0.1, 0.15) is 5.75 Å². The van der Waals surface area contributed by atoms with Gasteiger partial charge in [-0.05, 0) is 42.8 Å². The Morgan fingerprint density at radius 2 is 1.79 bits per heavy atom. The summed E-state index contributed by atoms with van der Waals surface area (Å²) in [5.41, 5.74) is 0.480. The number of rotatable bonds is 9. The molecule has 0 radical (unpaired) electrons. The summed E-state index contributed by atoms with van der Waals surface area (Å²) in [4.78, 5) is 12.8. The Hall–Kier alpha value is -1.65. The average Bonchev–Trinajstić information content (AvgIpc) is 2.61. The van der Waals surface area contributed by atoms with Crippen LogP contribution in [-0.4, -0.2) is 12.6 Å². The number of benzene rings is 2. The van der Waals surface area contributed by atoms with Crippen molar-refractivity contribution in [2.45, 2.75) is 37.5 Å². The molecule has 0 N–H and O–H groups in total. The number of ether oxygens (including phenoxy) is 1. The number of hydrogen-bond donors (Lipinski definition) is 0. The third-order valence-electron chi connectivity index (χ3n) is 3.40. The highest BCUT2D eigenvalue weighted by molar-refractivity contribution is 7.95. The van der Waals surface area contributed by atoms with Gasteiger partial charge in [-0.25, -0.2) is 4.79 Å². The second-order valence-electron chi connectivity index (χ2n) is 5.32. The Balaban J connectivity index is 1.79. The largest absolute Gasteiger partial charge is 0.494 e. The van der Waals surface area contributed by atoms with Gasteiger partial charge in [0.2, 0.25) is 0 Å². The third kappa shape index (κ3) is 6.10. The van der Waals surface area contributed by atoms with E-state index in [0.29, 0.717) is 22.1 Å². The minimum atomic E-state index is -0.408. The van der Waals surface area contributed by atoms with Crippen LogP contribution < -0.4 is 4.74 Å². The Kier molecular flexibility index (Phi) is 7.99. The van der Waals surface area contributed by atoms with Crippen LogP contribution in [0.4, 0.5) is 0 Å². The summed E-state index contributed by atoms with van der Waals surface area (Å²) in [5.74, 6) is 0.358. The maximum Gasteiger partial charge on any atom is 0.350 e. The van der Waals surface area contributed by atoms with E-state index < -0.39 is 5.97 Å². The lowest BCUT2D eigenvalue weighted by Gasteiger charge is -2.07. The van der Waals surface area contributed by atoms with E-state index in [4.69, 9.17) is 20.5 Å². The Bertz CT molecular complexity index is 643. The summed E-state index contributed by atoms with van der Waals surface area (Å²) in [6, 6.07) is 14.2. The molecule has 5 heteroatoms. The first-order valence-electron chi connectivity index (χ1n) is 8.07. The van der Waals surface area contributed by atoms with Crippen LogP contribution >= 0.6 is 23.6 Å². The van der Waals surface area contributed by atoms with Crippen molar-refractivity contribution in [2.75, 3.05) is 6.61 Å². The van der Waals surface area contributed by atoms with Crippen molar-refractivity contribution in [1.82, 2.24) is 0 Å². The van der Waals surface area contributed by atoms with Crippen LogP contribution in [0.2, 0.25) is 5.02 Å². The first kappa shape index (κ1) is 18.7. The fraction of sp³-hybridized carbons (Fsp3) is 0.316. The van der Waals surface area contributed by atoms with Gasteiger partial charge in [0, 0.05) is 0 Å². The van der Waals surface area contributed by atoms with Gasteiger partial charge in [0.05, 0.1) is 34.1 Å². The first-order chi connectivity index (χ1) is 11.7. The molecule has 0 saturated heterocycles. The van der Waals surface area contributed by atoms with Crippen molar-refractivity contribution in [1.29, 1.82) is 0 Å². The second kappa shape index (κ2) is 10.3. The normalized spacial score (nSPS) is 10.4. The van der Waals surface area contributed by atoms with Gasteiger partial charge >= 0.3 is 5.97 Å². The molecule has 3 nitrogen and oxygen atoms in total. The summed E-state index contributed by atoms with van der Waals surface area (Å²) in [6.45, 7) is 2.88. The molecule has 0 aromatic heterocycles. The molecular weight excluding hydrogens is 344 g/mol. The number of halogens is 1. The SMILES string of the molecule is CCCCCCOc1ccc(C(=O)OSc2ccccc2Cl)cc1. The lowest BCUT2D eigenvalue weighted by molar-refractivity contribution is 0.0768. The Morgan fingerprint density at radius 3 is 2.50 bits per heavy atom. The lowest BCUT2D eigenvalue weighted by Crippen LogP contribution is -2.01. The summed E-state index contributed by atoms with van der Waals surface area (Å²) >= 11 is 6.99. The quantitative estimate of drug-likeness (QED) is 0.394. The highest BCUT2D eigenvalue weighted by Gasteiger charge is 2.10. The van der Waals surface area contributed by atoms with Crippen molar-refractivity contribution < 1.29 is 13.7 Å². The maximum atomic E-state index is 12.0. The molecule has 0 spiro atoms. The molecule has 24 heavy (non-hydrogen) atoms. The van der Waals surface area contributed by atoms with Gasteiger partial charge in [-0.3, -0.25) is 0 Å². The van der Waals surface area contributed by atoms with Gasteiger partial charge in [0.15, 0.2) is 0 Å². The van der Waals surface area contributed by atoms with Crippen molar-refractivity contribution >= 4 is 29.6 Å². The first-order valence-corrected chi connectivity index (χ1v) is 9.19. The van der Waals surface area contributed by atoms with E-state index in [0.717, 1.165) is 24.2 Å². The molecule has 0 bridgehead atoms. The zero-order valence-electron chi connectivity index (χ0n) is 13.7. The zero-order chi connectivity index (χ0) is 17.2. The standard InChI is InChI=1S/C19H21ClO3S/c1-2-3-4-7-14-22-16-12-10-15(11-13-16)19(21)23-24-18-9-6-5-8-17(18)20/h5-6,8-13H,2-4,7,14H2,1H3. The van der Waals surface area contributed by atoms with Crippen LogP contribution in [-0.2, 0) is 4.18 Å². The number of hydrogen-bond acceptors (Lipinski definition) is 4. The summed E-state index contributed by atoms with van der Waals surface area (Å²) in [6.07, 6.45) is 4.67. The second-order valence-corrected chi connectivity index (χ2v) is 6.50. The molecule has 128 valence electrons. The van der Waals surface area contributed by atoms with Crippen LogP contribution in [0.15, 0.2) is 53.4 Å². The molecule has 0 aliphatic carbocycles. The van der Waals surface area contributed by atoms with E-state index in [-0.39, 0.29) is 0 Å². The molecule has 0 unspecified atom stereocenters. The molecular formula is C19H21ClO3S. The van der Waals surface area contributed by atoms with E-state index in [1.807, 2.05) is 12.1 Å². The van der Waals surface area contributed by atoms with E-state index in [1.165, 1.54) is 19.3 Å². The van der Waals surface area contributed by atoms with Crippen molar-refractivity contribution in [3.63, 3.8) is 0 Å². The summed E-state index contributed by atoms with van der Waals surface area (Å²) in [5, 5.41) is 0.558. The Morgan fingerprint density at radius 1 is 1.04 bits per heavy atom. The molecule has 0 heterocycles. The summed E-state index contributed by atoms with van der Waals surface area (Å²) < 4.78 is 10.9. The van der Waals surface area contributed by atoms with E-state index >= 15 is 0 Å². The van der Waals surface area contributed by atoms with E-state index in [2.05, 4.69) is 6.92 Å². The van der Waals surface area contributed by atoms with Gasteiger partial charge < -0.3 is 8.92 Å². The molecule has 0 aliphatic rings. The molecule has 2 aromatic rings. The van der Waals surface area contributed by atoms with Gasteiger partial charge in [-0.1, -0.05) is 49.9 Å². The smallest absolute Gasteiger partial charge is 0.350 e. The highest BCUT2D eigenvalue weighted by atomic mass is 35.5. The van der Waals surface area contributed by atoms with Crippen LogP contribution in [0.5, 0.6) is 5.75 Å². The molecule has 0 amide bonds. The predicted octanol–water partition coefficient (Wildman–Crippen LogP) is 6.16. The topological polar surface area (TPSA) is 35.5 Å². The van der Waals surface area contributed by atoms with Crippen molar-refractivity contribution in [3.05, 3.63) is 59.1 Å². The molecule has 2 rings (SSSR count). The van der Waals surface area contributed by atoms with Crippen LogP contribution in [0.1, 0.15) is 43.0 Å². The zero-order valence-corrected chi connectivity index (χ0v) is 15.2. The number of carbonyl (C=O) groups is 1. The van der Waals surface area contributed by atoms with Gasteiger partial charge in [-0.15, -0.1) is 0 Å². The van der Waals surface area contributed by atoms with Crippen LogP contribution in [0.3, 0.4) is 0 Å². The fourth-order valence-electron chi connectivity index (χ4n) is 2.05. The maximum absolute atomic E-state index is 12.0. The van der Waals surface area contributed by atoms with Crippen molar-refractivity contribution in [3.8, 4) is 5.75 Å². The molecule has 2 aromatic carbocycles. The van der Waals surface area contributed by atoms with E-state index in [9.17, 15) is 4.79 Å². The molecule has 0 fully saturated rings. The highest BCUT2D eigenvalue weighted by Crippen LogP contribution is 2.28. The van der Waals surface area contributed by atoms with Gasteiger partial charge in [-0.2, -0.15) is 0 Å². The monoisotopic (exact) mass is 364 g/mol. The number of unbranched alkanes of at least 4 members (excludes halogenated alkanes) is 3. The van der Waals surface area contributed by atoms with Crippen LogP contribution in [0.25, 0.3) is 0 Å². The number of carbonyl (C=O) groups excluding carboxylic acids is 1. The minimum absolute atomic E-state index is 0.408. The summed E-state index contributed by atoms with van der Waals surface area (Å²) in [7, 11) is 0. The average molecular weight is 365 g/mol. The predicted molar refractivity (Wildman–Crippen MR) is 98.8 cm³/mol. The minimum Gasteiger partial charge on any atom is -0.494 e. The third-order valence-corrected chi connectivity index (χ3v) is 4.61.